The molecule has 0 fully saturated rings. The summed E-state index contributed by atoms with van der Waals surface area (Å²) in [6.45, 7) is -0.493. The lowest BCUT2D eigenvalue weighted by Crippen LogP contribution is -2.04. The summed E-state index contributed by atoms with van der Waals surface area (Å²) >= 11 is 5.78. The van der Waals surface area contributed by atoms with Crippen molar-refractivity contribution in [3.8, 4) is 0 Å². The van der Waals surface area contributed by atoms with Crippen LogP contribution in [0.15, 0.2) is 28.0 Å². The van der Waals surface area contributed by atoms with Gasteiger partial charge in [0.15, 0.2) is 0 Å². The molecular formula is C9H7ClO3S. The molecule has 0 amide bonds. The maximum absolute atomic E-state index is 11.7. The fourth-order valence-corrected chi connectivity index (χ4v) is 3.40. The van der Waals surface area contributed by atoms with Crippen LogP contribution in [0.4, 0.5) is 0 Å². The zero-order valence-electron chi connectivity index (χ0n) is 7.07. The minimum Gasteiger partial charge on any atom is -0.391 e. The van der Waals surface area contributed by atoms with Gasteiger partial charge in [-0.05, 0) is 17.7 Å². The van der Waals surface area contributed by atoms with E-state index in [0.717, 1.165) is 0 Å². The first-order valence-electron chi connectivity index (χ1n) is 3.92. The van der Waals surface area contributed by atoms with E-state index >= 15 is 0 Å². The molecule has 2 rings (SSSR count). The highest BCUT2D eigenvalue weighted by atomic mass is 35.5. The van der Waals surface area contributed by atoms with Crippen LogP contribution in [0.25, 0.3) is 6.08 Å². The highest BCUT2D eigenvalue weighted by molar-refractivity contribution is 7.96. The smallest absolute Gasteiger partial charge is 0.207 e. The highest BCUT2D eigenvalue weighted by Gasteiger charge is 2.30. The molecule has 1 heterocycles. The highest BCUT2D eigenvalue weighted by Crippen LogP contribution is 2.36. The number of benzene rings is 1. The number of fused-ring (bicyclic) bond motifs is 1. The second kappa shape index (κ2) is 3.08. The molecule has 0 radical (unpaired) electrons. The standard InChI is InChI=1S/C9H7ClO3S/c10-8-3-1-2-6-4-7(5-11)14(12,13)9(6)8/h1-4,11H,5H2. The molecule has 0 aliphatic carbocycles. The summed E-state index contributed by atoms with van der Waals surface area (Å²) in [5, 5.41) is 9.07. The summed E-state index contributed by atoms with van der Waals surface area (Å²) in [4.78, 5) is 0.103. The first-order chi connectivity index (χ1) is 6.57. The van der Waals surface area contributed by atoms with E-state index in [1.807, 2.05) is 0 Å². The van der Waals surface area contributed by atoms with Crippen molar-refractivity contribution in [1.82, 2.24) is 0 Å². The minimum atomic E-state index is -3.55. The van der Waals surface area contributed by atoms with Crippen LogP contribution in [0.3, 0.4) is 0 Å². The molecule has 0 bridgehead atoms. The molecule has 1 aliphatic rings. The first-order valence-corrected chi connectivity index (χ1v) is 5.78. The van der Waals surface area contributed by atoms with E-state index in [1.165, 1.54) is 12.1 Å². The first kappa shape index (κ1) is 9.71. The normalized spacial score (nSPS) is 17.7. The molecule has 1 aromatic carbocycles. The van der Waals surface area contributed by atoms with E-state index in [4.69, 9.17) is 16.7 Å². The molecule has 74 valence electrons. The summed E-state index contributed by atoms with van der Waals surface area (Å²) < 4.78 is 23.4. The van der Waals surface area contributed by atoms with Gasteiger partial charge in [-0.2, -0.15) is 0 Å². The molecule has 5 heteroatoms. The van der Waals surface area contributed by atoms with Crippen molar-refractivity contribution in [2.45, 2.75) is 4.90 Å². The molecule has 0 spiro atoms. The Balaban J connectivity index is 2.78. The van der Waals surface area contributed by atoms with Gasteiger partial charge in [-0.15, -0.1) is 0 Å². The van der Waals surface area contributed by atoms with Gasteiger partial charge in [0.25, 0.3) is 0 Å². The molecule has 0 atom stereocenters. The van der Waals surface area contributed by atoms with Crippen molar-refractivity contribution in [3.05, 3.63) is 33.7 Å². The average molecular weight is 231 g/mol. The Morgan fingerprint density at radius 3 is 2.64 bits per heavy atom. The number of rotatable bonds is 1. The van der Waals surface area contributed by atoms with Crippen molar-refractivity contribution in [2.24, 2.45) is 0 Å². The van der Waals surface area contributed by atoms with Gasteiger partial charge >= 0.3 is 0 Å². The van der Waals surface area contributed by atoms with E-state index in [1.54, 1.807) is 12.1 Å². The summed E-state index contributed by atoms with van der Waals surface area (Å²) in [5.41, 5.74) is 0.543. The second-order valence-corrected chi connectivity index (χ2v) is 5.28. The largest absolute Gasteiger partial charge is 0.391 e. The van der Waals surface area contributed by atoms with Gasteiger partial charge in [0.2, 0.25) is 9.84 Å². The summed E-state index contributed by atoms with van der Waals surface area (Å²) in [5.74, 6) is 0. The predicted molar refractivity (Wildman–Crippen MR) is 53.7 cm³/mol. The van der Waals surface area contributed by atoms with Gasteiger partial charge in [0, 0.05) is 0 Å². The zero-order chi connectivity index (χ0) is 10.3. The third-order valence-electron chi connectivity index (χ3n) is 2.08. The third-order valence-corrected chi connectivity index (χ3v) is 4.44. The molecule has 0 unspecified atom stereocenters. The maximum Gasteiger partial charge on any atom is 0.207 e. The van der Waals surface area contributed by atoms with Crippen LogP contribution in [-0.4, -0.2) is 20.1 Å². The van der Waals surface area contributed by atoms with E-state index < -0.39 is 16.4 Å². The van der Waals surface area contributed by atoms with Crippen LogP contribution >= 0.6 is 11.6 Å². The van der Waals surface area contributed by atoms with Gasteiger partial charge in [0.1, 0.15) is 0 Å². The Morgan fingerprint density at radius 2 is 2.07 bits per heavy atom. The predicted octanol–water partition coefficient (Wildman–Crippen LogP) is 1.46. The van der Waals surface area contributed by atoms with Crippen LogP contribution in [0.2, 0.25) is 5.02 Å². The Hall–Kier alpha value is -0.840. The lowest BCUT2D eigenvalue weighted by Gasteiger charge is -2.02. The number of sulfone groups is 1. The molecule has 1 aliphatic heterocycles. The zero-order valence-corrected chi connectivity index (χ0v) is 8.64. The lowest BCUT2D eigenvalue weighted by molar-refractivity contribution is 0.339. The third kappa shape index (κ3) is 1.19. The summed E-state index contributed by atoms with van der Waals surface area (Å²) in [7, 11) is -3.55. The van der Waals surface area contributed by atoms with Gasteiger partial charge in [-0.1, -0.05) is 23.7 Å². The molecule has 14 heavy (non-hydrogen) atoms. The van der Waals surface area contributed by atoms with Crippen molar-refractivity contribution in [3.63, 3.8) is 0 Å². The Morgan fingerprint density at radius 1 is 1.36 bits per heavy atom. The van der Waals surface area contributed by atoms with Crippen molar-refractivity contribution in [2.75, 3.05) is 6.61 Å². The van der Waals surface area contributed by atoms with Crippen molar-refractivity contribution < 1.29 is 13.5 Å². The number of hydrogen-bond donors (Lipinski definition) is 1. The second-order valence-electron chi connectivity index (χ2n) is 2.93. The van der Waals surface area contributed by atoms with Gasteiger partial charge in [0.05, 0.1) is 21.4 Å². The Kier molecular flexibility index (Phi) is 2.14. The van der Waals surface area contributed by atoms with Crippen LogP contribution in [0.1, 0.15) is 5.56 Å². The fraction of sp³-hybridized carbons (Fsp3) is 0.111. The number of aliphatic hydroxyl groups excluding tert-OH is 1. The summed E-state index contributed by atoms with van der Waals surface area (Å²) in [6.07, 6.45) is 1.44. The number of aliphatic hydroxyl groups is 1. The SMILES string of the molecule is O=S1(=O)C(CO)=Cc2cccc(Cl)c21. The molecule has 3 nitrogen and oxygen atoms in total. The lowest BCUT2D eigenvalue weighted by atomic mass is 10.2. The molecule has 1 N–H and O–H groups in total. The number of halogens is 1. The van der Waals surface area contributed by atoms with E-state index in [-0.39, 0.29) is 14.8 Å². The number of hydrogen-bond acceptors (Lipinski definition) is 3. The van der Waals surface area contributed by atoms with Crippen LogP contribution in [0.5, 0.6) is 0 Å². The van der Waals surface area contributed by atoms with Crippen LogP contribution in [-0.2, 0) is 9.84 Å². The van der Waals surface area contributed by atoms with Crippen LogP contribution < -0.4 is 0 Å². The van der Waals surface area contributed by atoms with Gasteiger partial charge in [-0.3, -0.25) is 0 Å². The molecule has 0 saturated heterocycles. The fourth-order valence-electron chi connectivity index (χ4n) is 1.44. The van der Waals surface area contributed by atoms with Gasteiger partial charge < -0.3 is 5.11 Å². The average Bonchev–Trinajstić information content (AvgIpc) is 2.38. The van der Waals surface area contributed by atoms with E-state index in [2.05, 4.69) is 0 Å². The molecular weight excluding hydrogens is 224 g/mol. The van der Waals surface area contributed by atoms with Crippen molar-refractivity contribution in [1.29, 1.82) is 0 Å². The quantitative estimate of drug-likeness (QED) is 0.795. The van der Waals surface area contributed by atoms with E-state index in [0.29, 0.717) is 5.56 Å². The monoisotopic (exact) mass is 230 g/mol. The van der Waals surface area contributed by atoms with Crippen LogP contribution in [0, 0.1) is 0 Å². The molecule has 0 aromatic heterocycles. The topological polar surface area (TPSA) is 54.4 Å². The maximum atomic E-state index is 11.7. The Labute approximate surface area is 86.6 Å². The molecule has 0 saturated carbocycles. The molecule has 1 aromatic rings. The summed E-state index contributed by atoms with van der Waals surface area (Å²) in [6, 6.07) is 4.85. The van der Waals surface area contributed by atoms with Gasteiger partial charge in [-0.25, -0.2) is 8.42 Å². The van der Waals surface area contributed by atoms with E-state index in [9.17, 15) is 8.42 Å². The minimum absolute atomic E-state index is 0.000556. The van der Waals surface area contributed by atoms with Crippen molar-refractivity contribution >= 4 is 27.5 Å². The Bertz CT molecular complexity index is 517.